The van der Waals surface area contributed by atoms with E-state index in [0.29, 0.717) is 0 Å². The molecule has 1 aliphatic heterocycles. The summed E-state index contributed by atoms with van der Waals surface area (Å²) >= 11 is 0. The molecule has 102 valence electrons. The van der Waals surface area contributed by atoms with E-state index < -0.39 is 0 Å². The van der Waals surface area contributed by atoms with E-state index in [-0.39, 0.29) is 24.1 Å². The third-order valence-electron chi connectivity index (χ3n) is 4.24. The Hall–Kier alpha value is -1.06. The van der Waals surface area contributed by atoms with Gasteiger partial charge in [0.25, 0.3) is 0 Å². The molecule has 0 unspecified atom stereocenters. The van der Waals surface area contributed by atoms with Crippen molar-refractivity contribution in [1.29, 1.82) is 0 Å². The van der Waals surface area contributed by atoms with Crippen molar-refractivity contribution in [2.45, 2.75) is 51.1 Å². The van der Waals surface area contributed by atoms with Crippen molar-refractivity contribution in [1.82, 2.24) is 0 Å². The lowest BCUT2D eigenvalue weighted by Gasteiger charge is -2.32. The molecular weight excluding hydrogens is 235 g/mol. The van der Waals surface area contributed by atoms with Crippen LogP contribution in [0.3, 0.4) is 0 Å². The van der Waals surface area contributed by atoms with Crippen LogP contribution < -0.4 is 0 Å². The maximum Gasteiger partial charge on any atom is 0.465 e. The monoisotopic (exact) mass is 258 g/mol. The first kappa shape index (κ1) is 14.4. The highest BCUT2D eigenvalue weighted by Gasteiger charge is 2.53. The zero-order chi connectivity index (χ0) is 14.1. The molecule has 2 rings (SSSR count). The summed E-state index contributed by atoms with van der Waals surface area (Å²) in [5.41, 5.74) is 0.715. The largest absolute Gasteiger partial charge is 0.465 e. The summed E-state index contributed by atoms with van der Waals surface area (Å²) < 4.78 is 12.2. The molecule has 0 amide bonds. The molecule has 1 atom stereocenters. The first-order valence-corrected chi connectivity index (χ1v) is 6.88. The van der Waals surface area contributed by atoms with Crippen molar-refractivity contribution in [2.24, 2.45) is 0 Å². The summed E-state index contributed by atoms with van der Waals surface area (Å²) in [4.78, 5) is 0. The predicted molar refractivity (Wildman–Crippen MR) is 80.2 cm³/mol. The van der Waals surface area contributed by atoms with E-state index in [1.165, 1.54) is 5.56 Å². The van der Waals surface area contributed by atoms with Crippen molar-refractivity contribution >= 4 is 7.12 Å². The molecular formula is C16H23BO2. The minimum absolute atomic E-state index is 0.170. The Bertz CT molecular complexity index is 423. The number of hydrogen-bond donors (Lipinski definition) is 0. The minimum atomic E-state index is -0.282. The van der Waals surface area contributed by atoms with Crippen LogP contribution in [0, 0.1) is 0 Å². The fourth-order valence-corrected chi connectivity index (χ4v) is 2.24. The molecule has 0 bridgehead atoms. The highest BCUT2D eigenvalue weighted by molar-refractivity contribution is 6.48. The van der Waals surface area contributed by atoms with Gasteiger partial charge < -0.3 is 9.31 Å². The van der Waals surface area contributed by atoms with Gasteiger partial charge in [0.2, 0.25) is 0 Å². The van der Waals surface area contributed by atoms with Gasteiger partial charge in [0.05, 0.1) is 11.2 Å². The summed E-state index contributed by atoms with van der Waals surface area (Å²) in [6.07, 6.45) is 2.83. The average Bonchev–Trinajstić information content (AvgIpc) is 2.56. The van der Waals surface area contributed by atoms with Crippen LogP contribution >= 0.6 is 0 Å². The van der Waals surface area contributed by atoms with Crippen LogP contribution in [0.2, 0.25) is 5.82 Å². The van der Waals surface area contributed by atoms with Crippen LogP contribution in [0.5, 0.6) is 0 Å². The standard InChI is InChI=1S/C16H23BO2/c1-6-14(12-13-10-8-7-9-11-13)17-18-15(2,3)16(4,5)19-17/h6-11,14H,1,12H2,2-5H3/t14-/m1/s1. The van der Waals surface area contributed by atoms with E-state index >= 15 is 0 Å². The van der Waals surface area contributed by atoms with Crippen LogP contribution in [0.25, 0.3) is 0 Å². The van der Waals surface area contributed by atoms with Crippen LogP contribution in [0.1, 0.15) is 33.3 Å². The Labute approximate surface area is 117 Å². The Balaban J connectivity index is 2.10. The average molecular weight is 258 g/mol. The van der Waals surface area contributed by atoms with Gasteiger partial charge in [-0.1, -0.05) is 36.4 Å². The van der Waals surface area contributed by atoms with E-state index in [9.17, 15) is 0 Å². The fraction of sp³-hybridized carbons (Fsp3) is 0.500. The molecule has 3 heteroatoms. The molecule has 1 fully saturated rings. The summed E-state index contributed by atoms with van der Waals surface area (Å²) in [7, 11) is -0.220. The zero-order valence-electron chi connectivity index (χ0n) is 12.3. The predicted octanol–water partition coefficient (Wildman–Crippen LogP) is 3.88. The van der Waals surface area contributed by atoms with Crippen LogP contribution in [-0.4, -0.2) is 18.3 Å². The second-order valence-corrected chi connectivity index (χ2v) is 6.21. The van der Waals surface area contributed by atoms with Crippen LogP contribution in [-0.2, 0) is 15.7 Å². The summed E-state index contributed by atoms with van der Waals surface area (Å²) in [5, 5.41) is 0. The molecule has 0 radical (unpaired) electrons. The number of benzene rings is 1. The first-order chi connectivity index (χ1) is 8.86. The highest BCUT2D eigenvalue weighted by atomic mass is 16.7. The molecule has 0 aromatic heterocycles. The first-order valence-electron chi connectivity index (χ1n) is 6.88. The smallest absolute Gasteiger partial charge is 0.403 e. The molecule has 1 heterocycles. The van der Waals surface area contributed by atoms with Gasteiger partial charge in [-0.2, -0.15) is 0 Å². The molecule has 1 aromatic rings. The van der Waals surface area contributed by atoms with Crippen molar-refractivity contribution in [3.8, 4) is 0 Å². The topological polar surface area (TPSA) is 18.5 Å². The van der Waals surface area contributed by atoms with Gasteiger partial charge >= 0.3 is 7.12 Å². The lowest BCUT2D eigenvalue weighted by molar-refractivity contribution is 0.00578. The molecule has 2 nitrogen and oxygen atoms in total. The van der Waals surface area contributed by atoms with E-state index in [1.807, 2.05) is 12.1 Å². The fourth-order valence-electron chi connectivity index (χ4n) is 2.24. The summed E-state index contributed by atoms with van der Waals surface area (Å²) in [6, 6.07) is 10.4. The Kier molecular flexibility index (Phi) is 3.89. The summed E-state index contributed by atoms with van der Waals surface area (Å²) in [5.74, 6) is 0.170. The van der Waals surface area contributed by atoms with Gasteiger partial charge in [-0.25, -0.2) is 0 Å². The third kappa shape index (κ3) is 2.93. The van der Waals surface area contributed by atoms with Gasteiger partial charge in [0.1, 0.15) is 0 Å². The summed E-state index contributed by atoms with van der Waals surface area (Å²) in [6.45, 7) is 12.3. The van der Waals surface area contributed by atoms with E-state index in [4.69, 9.17) is 9.31 Å². The quantitative estimate of drug-likeness (QED) is 0.602. The van der Waals surface area contributed by atoms with E-state index in [2.05, 4.69) is 58.5 Å². The third-order valence-corrected chi connectivity index (χ3v) is 4.24. The molecule has 0 saturated carbocycles. The SMILES string of the molecule is C=C[C@H](Cc1ccccc1)B1OC(C)(C)C(C)(C)O1. The number of allylic oxidation sites excluding steroid dienone is 1. The molecule has 1 aliphatic rings. The maximum absolute atomic E-state index is 6.10. The Morgan fingerprint density at radius 2 is 1.63 bits per heavy atom. The lowest BCUT2D eigenvalue weighted by Crippen LogP contribution is -2.41. The normalized spacial score (nSPS) is 22.2. The molecule has 1 saturated heterocycles. The second kappa shape index (κ2) is 5.14. The van der Waals surface area contributed by atoms with Gasteiger partial charge in [-0.3, -0.25) is 0 Å². The molecule has 0 spiro atoms. The van der Waals surface area contributed by atoms with Crippen molar-refractivity contribution in [2.75, 3.05) is 0 Å². The molecule has 0 aliphatic carbocycles. The van der Waals surface area contributed by atoms with Crippen LogP contribution in [0.15, 0.2) is 43.0 Å². The molecule has 1 aromatic carbocycles. The van der Waals surface area contributed by atoms with Gasteiger partial charge in [-0.05, 0) is 39.7 Å². The van der Waals surface area contributed by atoms with Gasteiger partial charge in [0, 0.05) is 5.82 Å². The lowest BCUT2D eigenvalue weighted by atomic mass is 9.69. The minimum Gasteiger partial charge on any atom is -0.403 e. The van der Waals surface area contributed by atoms with Gasteiger partial charge in [0.15, 0.2) is 0 Å². The Morgan fingerprint density at radius 1 is 1.11 bits per heavy atom. The second-order valence-electron chi connectivity index (χ2n) is 6.21. The molecule has 0 N–H and O–H groups in total. The number of rotatable bonds is 4. The van der Waals surface area contributed by atoms with Gasteiger partial charge in [-0.15, -0.1) is 6.58 Å². The molecule has 19 heavy (non-hydrogen) atoms. The van der Waals surface area contributed by atoms with E-state index in [1.54, 1.807) is 0 Å². The van der Waals surface area contributed by atoms with Crippen LogP contribution in [0.4, 0.5) is 0 Å². The highest BCUT2D eigenvalue weighted by Crippen LogP contribution is 2.40. The van der Waals surface area contributed by atoms with E-state index in [0.717, 1.165) is 6.42 Å². The van der Waals surface area contributed by atoms with Crippen molar-refractivity contribution < 1.29 is 9.31 Å². The maximum atomic E-state index is 6.10. The van der Waals surface area contributed by atoms with Crippen molar-refractivity contribution in [3.63, 3.8) is 0 Å². The number of hydrogen-bond acceptors (Lipinski definition) is 2. The van der Waals surface area contributed by atoms with Crippen molar-refractivity contribution in [3.05, 3.63) is 48.6 Å². The zero-order valence-corrected chi connectivity index (χ0v) is 12.3. The Morgan fingerprint density at radius 3 is 2.11 bits per heavy atom.